The number of hydrogen-bond acceptors (Lipinski definition) is 2. The summed E-state index contributed by atoms with van der Waals surface area (Å²) in [5.41, 5.74) is -0.309. The molecule has 102 valence electrons. The van der Waals surface area contributed by atoms with Gasteiger partial charge in [0.05, 0.1) is 5.56 Å². The molecular formula is C12H15ClF3NO. The van der Waals surface area contributed by atoms with Crippen LogP contribution in [0, 0.1) is 5.92 Å². The van der Waals surface area contributed by atoms with Crippen molar-refractivity contribution in [2.24, 2.45) is 5.92 Å². The van der Waals surface area contributed by atoms with Crippen LogP contribution < -0.4 is 5.32 Å². The summed E-state index contributed by atoms with van der Waals surface area (Å²) >= 11 is 0. The molecule has 2 rings (SSSR count). The third-order valence-electron chi connectivity index (χ3n) is 3.24. The van der Waals surface area contributed by atoms with Crippen molar-refractivity contribution in [3.63, 3.8) is 0 Å². The van der Waals surface area contributed by atoms with Gasteiger partial charge in [-0.05, 0) is 11.6 Å². The maximum absolute atomic E-state index is 12.8. The fraction of sp³-hybridized carbons (Fsp3) is 0.500. The van der Waals surface area contributed by atoms with E-state index < -0.39 is 11.7 Å². The molecule has 0 aliphatic carbocycles. The van der Waals surface area contributed by atoms with Gasteiger partial charge in [-0.3, -0.25) is 0 Å². The molecule has 2 nitrogen and oxygen atoms in total. The van der Waals surface area contributed by atoms with Crippen molar-refractivity contribution in [2.75, 3.05) is 19.7 Å². The molecule has 1 aromatic carbocycles. The van der Waals surface area contributed by atoms with E-state index in [0.29, 0.717) is 13.1 Å². The maximum atomic E-state index is 12.8. The number of hydrogen-bond donors (Lipinski definition) is 2. The van der Waals surface area contributed by atoms with E-state index in [1.807, 2.05) is 0 Å². The maximum Gasteiger partial charge on any atom is 0.416 e. The number of aliphatic hydroxyl groups is 1. The van der Waals surface area contributed by atoms with Crippen LogP contribution in [0.5, 0.6) is 0 Å². The summed E-state index contributed by atoms with van der Waals surface area (Å²) in [6.45, 7) is 0.954. The second-order valence-electron chi connectivity index (χ2n) is 4.29. The fourth-order valence-corrected chi connectivity index (χ4v) is 2.37. The molecule has 1 aliphatic rings. The minimum atomic E-state index is -4.33. The van der Waals surface area contributed by atoms with Gasteiger partial charge in [0.25, 0.3) is 0 Å². The monoisotopic (exact) mass is 281 g/mol. The highest BCUT2D eigenvalue weighted by Crippen LogP contribution is 2.38. The van der Waals surface area contributed by atoms with E-state index in [9.17, 15) is 18.3 Å². The lowest BCUT2D eigenvalue weighted by Gasteiger charge is -2.21. The van der Waals surface area contributed by atoms with Crippen LogP contribution in [0.2, 0.25) is 0 Å². The molecule has 1 saturated heterocycles. The van der Waals surface area contributed by atoms with Crippen LogP contribution in [0.25, 0.3) is 0 Å². The molecule has 1 aromatic rings. The third kappa shape index (κ3) is 2.96. The van der Waals surface area contributed by atoms with E-state index >= 15 is 0 Å². The van der Waals surface area contributed by atoms with Gasteiger partial charge in [-0.15, -0.1) is 12.4 Å². The molecule has 18 heavy (non-hydrogen) atoms. The van der Waals surface area contributed by atoms with Gasteiger partial charge in [-0.1, -0.05) is 18.2 Å². The Balaban J connectivity index is 0.00000162. The Morgan fingerprint density at radius 2 is 1.89 bits per heavy atom. The first-order chi connectivity index (χ1) is 8.04. The summed E-state index contributed by atoms with van der Waals surface area (Å²) < 4.78 is 38.5. The fourth-order valence-electron chi connectivity index (χ4n) is 2.37. The molecule has 1 fully saturated rings. The first-order valence-electron chi connectivity index (χ1n) is 5.51. The van der Waals surface area contributed by atoms with Crippen LogP contribution in [-0.2, 0) is 6.18 Å². The predicted molar refractivity (Wildman–Crippen MR) is 64.9 cm³/mol. The van der Waals surface area contributed by atoms with Gasteiger partial charge in [0, 0.05) is 31.5 Å². The molecule has 0 unspecified atom stereocenters. The highest BCUT2D eigenvalue weighted by molar-refractivity contribution is 5.85. The van der Waals surface area contributed by atoms with Crippen molar-refractivity contribution in [3.05, 3.63) is 35.4 Å². The Hall–Kier alpha value is -0.780. The smallest absolute Gasteiger partial charge is 0.396 e. The first kappa shape index (κ1) is 15.3. The van der Waals surface area contributed by atoms with E-state index in [1.165, 1.54) is 12.1 Å². The summed E-state index contributed by atoms with van der Waals surface area (Å²) in [4.78, 5) is 0. The molecule has 2 N–H and O–H groups in total. The number of halogens is 4. The standard InChI is InChI=1S/C12H14F3NO.ClH/c13-12(14,15)11-4-2-1-3-9(11)10-6-16-5-8(10)7-17;/h1-4,8,10,16-17H,5-7H2;1H/t8-,10+;/m1./s1. The lowest BCUT2D eigenvalue weighted by Crippen LogP contribution is -2.19. The normalized spacial score (nSPS) is 23.8. The van der Waals surface area contributed by atoms with E-state index in [2.05, 4.69) is 5.32 Å². The lowest BCUT2D eigenvalue weighted by molar-refractivity contribution is -0.138. The third-order valence-corrected chi connectivity index (χ3v) is 3.24. The molecule has 2 atom stereocenters. The van der Waals surface area contributed by atoms with Gasteiger partial charge in [0.15, 0.2) is 0 Å². The number of alkyl halides is 3. The van der Waals surface area contributed by atoms with Crippen molar-refractivity contribution in [1.82, 2.24) is 5.32 Å². The van der Waals surface area contributed by atoms with Gasteiger partial charge < -0.3 is 10.4 Å². The van der Waals surface area contributed by atoms with E-state index in [1.54, 1.807) is 6.07 Å². The van der Waals surface area contributed by atoms with Crippen LogP contribution in [0.15, 0.2) is 24.3 Å². The van der Waals surface area contributed by atoms with Crippen LogP contribution in [-0.4, -0.2) is 24.8 Å². The zero-order chi connectivity index (χ0) is 12.5. The molecule has 6 heteroatoms. The van der Waals surface area contributed by atoms with E-state index in [4.69, 9.17) is 0 Å². The molecule has 0 saturated carbocycles. The molecule has 0 amide bonds. The van der Waals surface area contributed by atoms with Crippen molar-refractivity contribution < 1.29 is 18.3 Å². The Bertz CT molecular complexity index is 397. The topological polar surface area (TPSA) is 32.3 Å². The number of benzene rings is 1. The van der Waals surface area contributed by atoms with Gasteiger partial charge in [0.2, 0.25) is 0 Å². The highest BCUT2D eigenvalue weighted by Gasteiger charge is 2.38. The Morgan fingerprint density at radius 1 is 1.22 bits per heavy atom. The van der Waals surface area contributed by atoms with Crippen molar-refractivity contribution in [2.45, 2.75) is 12.1 Å². The van der Waals surface area contributed by atoms with Crippen LogP contribution in [0.1, 0.15) is 17.0 Å². The van der Waals surface area contributed by atoms with Crippen molar-refractivity contribution in [1.29, 1.82) is 0 Å². The predicted octanol–water partition coefficient (Wildman–Crippen LogP) is 2.42. The molecule has 0 radical (unpaired) electrons. The Labute approximate surface area is 110 Å². The minimum absolute atomic E-state index is 0. The molecule has 0 bridgehead atoms. The Kier molecular flexibility index (Phi) is 5.01. The van der Waals surface area contributed by atoms with Gasteiger partial charge >= 0.3 is 6.18 Å². The lowest BCUT2D eigenvalue weighted by atomic mass is 9.86. The summed E-state index contributed by atoms with van der Waals surface area (Å²) in [6.07, 6.45) is -4.33. The van der Waals surface area contributed by atoms with Gasteiger partial charge in [-0.25, -0.2) is 0 Å². The average Bonchev–Trinajstić information content (AvgIpc) is 2.75. The van der Waals surface area contributed by atoms with Crippen LogP contribution in [0.4, 0.5) is 13.2 Å². The number of rotatable bonds is 2. The highest BCUT2D eigenvalue weighted by atomic mass is 35.5. The summed E-state index contributed by atoms with van der Waals surface area (Å²) in [6, 6.07) is 5.60. The largest absolute Gasteiger partial charge is 0.416 e. The molecular weight excluding hydrogens is 267 g/mol. The number of nitrogens with one attached hydrogen (secondary N) is 1. The summed E-state index contributed by atoms with van der Waals surface area (Å²) in [5.74, 6) is -0.406. The van der Waals surface area contributed by atoms with E-state index in [-0.39, 0.29) is 36.4 Å². The van der Waals surface area contributed by atoms with Crippen molar-refractivity contribution in [3.8, 4) is 0 Å². The minimum Gasteiger partial charge on any atom is -0.396 e. The number of aliphatic hydroxyl groups excluding tert-OH is 1. The quantitative estimate of drug-likeness (QED) is 0.873. The van der Waals surface area contributed by atoms with Crippen LogP contribution in [0.3, 0.4) is 0 Å². The second kappa shape index (κ2) is 5.91. The van der Waals surface area contributed by atoms with E-state index in [0.717, 1.165) is 6.07 Å². The SMILES string of the molecule is Cl.OC[C@H]1CNC[C@@H]1c1ccccc1C(F)(F)F. The van der Waals surface area contributed by atoms with Crippen LogP contribution >= 0.6 is 12.4 Å². The molecule has 1 heterocycles. The zero-order valence-corrected chi connectivity index (χ0v) is 10.4. The van der Waals surface area contributed by atoms with Gasteiger partial charge in [-0.2, -0.15) is 13.2 Å². The Morgan fingerprint density at radius 3 is 2.50 bits per heavy atom. The summed E-state index contributed by atoms with van der Waals surface area (Å²) in [7, 11) is 0. The first-order valence-corrected chi connectivity index (χ1v) is 5.51. The molecule has 0 aromatic heterocycles. The average molecular weight is 282 g/mol. The second-order valence-corrected chi connectivity index (χ2v) is 4.29. The van der Waals surface area contributed by atoms with Gasteiger partial charge in [0.1, 0.15) is 0 Å². The summed E-state index contributed by atoms with van der Waals surface area (Å²) in [5, 5.41) is 12.2. The molecule has 1 aliphatic heterocycles. The zero-order valence-electron chi connectivity index (χ0n) is 9.57. The molecule has 0 spiro atoms. The van der Waals surface area contributed by atoms with Crippen molar-refractivity contribution >= 4 is 12.4 Å².